The Hall–Kier alpha value is -3.72. The molecule has 1 aliphatic rings. The van der Waals surface area contributed by atoms with Crippen LogP contribution in [0.3, 0.4) is 0 Å². The fourth-order valence-electron chi connectivity index (χ4n) is 4.55. The van der Waals surface area contributed by atoms with Gasteiger partial charge in [-0.25, -0.2) is 14.0 Å². The molecule has 1 aliphatic heterocycles. The first-order valence-corrected chi connectivity index (χ1v) is 15.4. The fraction of sp³-hybridized carbons (Fsp3) is 0.194. The van der Waals surface area contributed by atoms with Crippen LogP contribution in [0.15, 0.2) is 91.1 Å². The summed E-state index contributed by atoms with van der Waals surface area (Å²) in [7, 11) is -3.93. The van der Waals surface area contributed by atoms with E-state index >= 15 is 0 Å². The Morgan fingerprint density at radius 2 is 1.78 bits per heavy atom. The summed E-state index contributed by atoms with van der Waals surface area (Å²) in [5, 5.41) is 10.8. The highest BCUT2D eigenvalue weighted by molar-refractivity contribution is 7.91. The molecule has 0 spiro atoms. The summed E-state index contributed by atoms with van der Waals surface area (Å²) in [6.45, 7) is 4.45. The lowest BCUT2D eigenvalue weighted by Gasteiger charge is -2.16. The summed E-state index contributed by atoms with van der Waals surface area (Å²) >= 11 is 12.7. The highest BCUT2D eigenvalue weighted by Crippen LogP contribution is 2.32. The van der Waals surface area contributed by atoms with Crippen LogP contribution in [0.1, 0.15) is 43.6 Å². The zero-order valence-electron chi connectivity index (χ0n) is 22.6. The molecular weight excluding hydrogens is 579 g/mol. The molecule has 10 heteroatoms. The molecule has 4 aromatic rings. The second-order valence-electron chi connectivity index (χ2n) is 10.3. The van der Waals surface area contributed by atoms with E-state index in [0.29, 0.717) is 39.5 Å². The summed E-state index contributed by atoms with van der Waals surface area (Å²) < 4.78 is 29.9. The molecule has 0 saturated carbocycles. The fourth-order valence-corrected chi connectivity index (χ4v) is 6.10. The van der Waals surface area contributed by atoms with Crippen molar-refractivity contribution in [2.75, 3.05) is 4.31 Å². The molecule has 0 amide bonds. The minimum Gasteiger partial charge on any atom is -0.493 e. The summed E-state index contributed by atoms with van der Waals surface area (Å²) in [5.41, 5.74) is 4.65. The third kappa shape index (κ3) is 6.78. The first-order chi connectivity index (χ1) is 19.6. The van der Waals surface area contributed by atoms with Gasteiger partial charge in [0.15, 0.2) is 0 Å². The van der Waals surface area contributed by atoms with E-state index in [4.69, 9.17) is 28.2 Å². The standard InChI is InChI=1S/C31H30Cl2N4O3S/c1-21(2)6-3-4-7-22-10-12-23(13-11-22)16-30-34-29(27-15-14-24(32)17-28(27)33)19-36(30)25-8-5-9-26(18-25)37-20-31(38)35-41(37,39)40/h4-5,7-15,17-21,35,38H,3,6,16H2,1-2H3. The predicted molar refractivity (Wildman–Crippen MR) is 167 cm³/mol. The molecule has 0 aliphatic carbocycles. The number of aliphatic hydroxyl groups is 1. The van der Waals surface area contributed by atoms with E-state index in [0.717, 1.165) is 45.9 Å². The largest absolute Gasteiger partial charge is 0.493 e. The zero-order chi connectivity index (χ0) is 29.1. The monoisotopic (exact) mass is 608 g/mol. The zero-order valence-corrected chi connectivity index (χ0v) is 25.0. The van der Waals surface area contributed by atoms with Crippen molar-refractivity contribution in [1.82, 2.24) is 14.3 Å². The van der Waals surface area contributed by atoms with Crippen LogP contribution in [0, 0.1) is 5.92 Å². The maximum Gasteiger partial charge on any atom is 0.330 e. The molecule has 3 aromatic carbocycles. The van der Waals surface area contributed by atoms with Crippen molar-refractivity contribution < 1.29 is 13.5 Å². The van der Waals surface area contributed by atoms with E-state index in [1.165, 1.54) is 0 Å². The Kier molecular flexibility index (Phi) is 8.45. The molecule has 1 aromatic heterocycles. The molecule has 2 N–H and O–H groups in total. The molecule has 41 heavy (non-hydrogen) atoms. The van der Waals surface area contributed by atoms with Crippen LogP contribution in [-0.4, -0.2) is 23.1 Å². The number of allylic oxidation sites excluding steroid dienone is 1. The Labute approximate surface area is 250 Å². The Morgan fingerprint density at radius 3 is 2.46 bits per heavy atom. The molecule has 0 unspecified atom stereocenters. The quantitative estimate of drug-likeness (QED) is 0.202. The minimum absolute atomic E-state index is 0.360. The smallest absolute Gasteiger partial charge is 0.330 e. The topological polar surface area (TPSA) is 87.5 Å². The lowest BCUT2D eigenvalue weighted by atomic mass is 10.1. The van der Waals surface area contributed by atoms with Gasteiger partial charge < -0.3 is 9.67 Å². The maximum absolute atomic E-state index is 12.5. The van der Waals surface area contributed by atoms with Gasteiger partial charge in [0.05, 0.1) is 22.6 Å². The number of halogens is 2. The molecule has 2 heterocycles. The number of nitrogens with zero attached hydrogens (tertiary/aromatic N) is 3. The van der Waals surface area contributed by atoms with Gasteiger partial charge in [-0.15, -0.1) is 0 Å². The molecule has 5 rings (SSSR count). The molecule has 0 radical (unpaired) electrons. The summed E-state index contributed by atoms with van der Waals surface area (Å²) in [4.78, 5) is 4.94. The Bertz CT molecular complexity index is 1730. The highest BCUT2D eigenvalue weighted by Gasteiger charge is 2.29. The van der Waals surface area contributed by atoms with E-state index < -0.39 is 16.1 Å². The van der Waals surface area contributed by atoms with Crippen molar-refractivity contribution in [2.45, 2.75) is 33.1 Å². The number of anilines is 1. The van der Waals surface area contributed by atoms with Gasteiger partial charge >= 0.3 is 10.2 Å². The van der Waals surface area contributed by atoms with E-state index in [1.807, 2.05) is 22.9 Å². The molecule has 0 saturated heterocycles. The number of rotatable bonds is 9. The highest BCUT2D eigenvalue weighted by atomic mass is 35.5. The van der Waals surface area contributed by atoms with Gasteiger partial charge in [0, 0.05) is 28.9 Å². The third-order valence-electron chi connectivity index (χ3n) is 6.64. The van der Waals surface area contributed by atoms with Crippen LogP contribution in [0.25, 0.3) is 23.0 Å². The molecular formula is C31H30Cl2N4O3S. The van der Waals surface area contributed by atoms with Gasteiger partial charge in [-0.1, -0.05) is 79.5 Å². The van der Waals surface area contributed by atoms with Crippen LogP contribution >= 0.6 is 23.2 Å². The summed E-state index contributed by atoms with van der Waals surface area (Å²) in [6.07, 6.45) is 10.1. The summed E-state index contributed by atoms with van der Waals surface area (Å²) in [5.74, 6) is 0.972. The van der Waals surface area contributed by atoms with Crippen molar-refractivity contribution in [2.24, 2.45) is 5.92 Å². The van der Waals surface area contributed by atoms with Gasteiger partial charge in [0.25, 0.3) is 0 Å². The number of aromatic nitrogens is 2. The van der Waals surface area contributed by atoms with Gasteiger partial charge in [-0.05, 0) is 66.3 Å². The second kappa shape index (κ2) is 12.0. The van der Waals surface area contributed by atoms with Gasteiger partial charge in [0.1, 0.15) is 5.82 Å². The van der Waals surface area contributed by atoms with Crippen LogP contribution < -0.4 is 9.03 Å². The number of benzene rings is 3. The Balaban J connectivity index is 1.50. The lowest BCUT2D eigenvalue weighted by molar-refractivity contribution is 0.392. The molecule has 7 nitrogen and oxygen atoms in total. The third-order valence-corrected chi connectivity index (χ3v) is 8.49. The second-order valence-corrected chi connectivity index (χ2v) is 12.7. The number of aliphatic hydroxyl groups excluding tert-OH is 1. The van der Waals surface area contributed by atoms with Crippen LogP contribution in [-0.2, 0) is 16.6 Å². The summed E-state index contributed by atoms with van der Waals surface area (Å²) in [6, 6.07) is 20.6. The van der Waals surface area contributed by atoms with Crippen LogP contribution in [0.5, 0.6) is 0 Å². The molecule has 0 fully saturated rings. The van der Waals surface area contributed by atoms with Crippen molar-refractivity contribution >= 4 is 45.2 Å². The van der Waals surface area contributed by atoms with Crippen LogP contribution in [0.2, 0.25) is 10.0 Å². The minimum atomic E-state index is -3.93. The van der Waals surface area contributed by atoms with Crippen molar-refractivity contribution in [3.63, 3.8) is 0 Å². The van der Waals surface area contributed by atoms with E-state index in [1.54, 1.807) is 30.3 Å². The number of hydrogen-bond donors (Lipinski definition) is 2. The van der Waals surface area contributed by atoms with E-state index in [9.17, 15) is 13.5 Å². The van der Waals surface area contributed by atoms with Crippen LogP contribution in [0.4, 0.5) is 5.69 Å². The Morgan fingerprint density at radius 1 is 1.02 bits per heavy atom. The lowest BCUT2D eigenvalue weighted by Crippen LogP contribution is -2.29. The number of imidazole rings is 1. The average molecular weight is 610 g/mol. The number of hydrogen-bond acceptors (Lipinski definition) is 4. The molecule has 212 valence electrons. The molecule has 0 atom stereocenters. The first-order valence-electron chi connectivity index (χ1n) is 13.2. The predicted octanol–water partition coefficient (Wildman–Crippen LogP) is 7.90. The normalized spacial score (nSPS) is 14.6. The number of nitrogens with one attached hydrogen (secondary N) is 1. The van der Waals surface area contributed by atoms with Gasteiger partial charge in [-0.2, -0.15) is 8.42 Å². The maximum atomic E-state index is 12.5. The SMILES string of the molecule is CC(C)CCC=Cc1ccc(Cc2nc(-c3ccc(Cl)cc3Cl)cn2-c2cccc(N3C=C(O)NS3(=O)=O)c2)cc1. The van der Waals surface area contributed by atoms with E-state index in [-0.39, 0.29) is 0 Å². The van der Waals surface area contributed by atoms with E-state index in [2.05, 4.69) is 55.0 Å². The first kappa shape index (κ1) is 28.8. The average Bonchev–Trinajstić information content (AvgIpc) is 3.46. The van der Waals surface area contributed by atoms with Crippen molar-refractivity contribution in [3.05, 3.63) is 118 Å². The van der Waals surface area contributed by atoms with Crippen molar-refractivity contribution in [3.8, 4) is 16.9 Å². The molecule has 0 bridgehead atoms. The van der Waals surface area contributed by atoms with Gasteiger partial charge in [-0.3, -0.25) is 0 Å². The van der Waals surface area contributed by atoms with Gasteiger partial charge in [0.2, 0.25) is 5.88 Å². The van der Waals surface area contributed by atoms with Crippen molar-refractivity contribution in [1.29, 1.82) is 0 Å².